The number of carboxylic acids is 1. The van der Waals surface area contributed by atoms with E-state index in [1.165, 1.54) is 12.8 Å². The average molecular weight is 287 g/mol. The summed E-state index contributed by atoms with van der Waals surface area (Å²) in [4.78, 5) is 11.3. The van der Waals surface area contributed by atoms with Crippen molar-refractivity contribution in [3.05, 3.63) is 0 Å². The molecule has 120 valence electrons. The van der Waals surface area contributed by atoms with E-state index in [4.69, 9.17) is 4.74 Å². The van der Waals surface area contributed by atoms with Crippen LogP contribution in [-0.2, 0) is 9.53 Å². The van der Waals surface area contributed by atoms with Gasteiger partial charge >= 0.3 is 5.97 Å². The first-order chi connectivity index (χ1) is 9.46. The van der Waals surface area contributed by atoms with Gasteiger partial charge in [0.1, 0.15) is 5.54 Å². The minimum Gasteiger partial charge on any atom is -0.480 e. The van der Waals surface area contributed by atoms with Crippen LogP contribution in [0.25, 0.3) is 0 Å². The van der Waals surface area contributed by atoms with Gasteiger partial charge in [0.15, 0.2) is 0 Å². The standard InChI is InChI=1S/C16H33NO3/c1-5-9-14(3)13-20-12-8-7-10-16(4,15(18)19)17-11-6-2/h14,17H,5-13H2,1-4H3,(H,18,19). The van der Waals surface area contributed by atoms with Gasteiger partial charge in [0.2, 0.25) is 0 Å². The highest BCUT2D eigenvalue weighted by atomic mass is 16.5. The van der Waals surface area contributed by atoms with E-state index in [0.717, 1.165) is 39.0 Å². The van der Waals surface area contributed by atoms with Gasteiger partial charge in [0.25, 0.3) is 0 Å². The lowest BCUT2D eigenvalue weighted by atomic mass is 9.95. The average Bonchev–Trinajstić information content (AvgIpc) is 2.40. The van der Waals surface area contributed by atoms with Gasteiger partial charge in [-0.3, -0.25) is 4.79 Å². The summed E-state index contributed by atoms with van der Waals surface area (Å²) in [6, 6.07) is 0. The first kappa shape index (κ1) is 19.4. The molecule has 0 rings (SSSR count). The van der Waals surface area contributed by atoms with Crippen LogP contribution in [-0.4, -0.2) is 36.4 Å². The normalized spacial score (nSPS) is 15.8. The van der Waals surface area contributed by atoms with Gasteiger partial charge < -0.3 is 15.2 Å². The summed E-state index contributed by atoms with van der Waals surface area (Å²) in [5, 5.41) is 12.4. The number of carboxylic acid groups (broad SMARTS) is 1. The maximum atomic E-state index is 11.3. The molecule has 4 nitrogen and oxygen atoms in total. The Morgan fingerprint density at radius 1 is 1.30 bits per heavy atom. The molecule has 2 atom stereocenters. The minimum absolute atomic E-state index is 0.621. The van der Waals surface area contributed by atoms with Gasteiger partial charge in [-0.2, -0.15) is 0 Å². The molecule has 20 heavy (non-hydrogen) atoms. The molecule has 0 aliphatic carbocycles. The fourth-order valence-corrected chi connectivity index (χ4v) is 2.22. The van der Waals surface area contributed by atoms with Crippen LogP contribution in [0.3, 0.4) is 0 Å². The van der Waals surface area contributed by atoms with Crippen LogP contribution in [0.1, 0.15) is 66.2 Å². The summed E-state index contributed by atoms with van der Waals surface area (Å²) >= 11 is 0. The topological polar surface area (TPSA) is 58.6 Å². The molecule has 0 aromatic heterocycles. The van der Waals surface area contributed by atoms with E-state index >= 15 is 0 Å². The van der Waals surface area contributed by atoms with Gasteiger partial charge in [-0.1, -0.05) is 27.2 Å². The zero-order valence-electron chi connectivity index (χ0n) is 13.7. The molecule has 0 aliphatic rings. The molecular formula is C16H33NO3. The Kier molecular flexibility index (Phi) is 10.8. The molecule has 0 radical (unpaired) electrons. The van der Waals surface area contributed by atoms with Crippen molar-refractivity contribution in [2.45, 2.75) is 71.8 Å². The fourth-order valence-electron chi connectivity index (χ4n) is 2.22. The molecule has 2 N–H and O–H groups in total. The molecule has 0 aliphatic heterocycles. The molecule has 0 aromatic rings. The predicted molar refractivity (Wildman–Crippen MR) is 83.1 cm³/mol. The van der Waals surface area contributed by atoms with Crippen LogP contribution in [0.5, 0.6) is 0 Å². The number of hydrogen-bond donors (Lipinski definition) is 2. The van der Waals surface area contributed by atoms with Gasteiger partial charge in [-0.05, 0) is 51.5 Å². The van der Waals surface area contributed by atoms with E-state index in [1.807, 2.05) is 6.92 Å². The zero-order chi connectivity index (χ0) is 15.4. The van der Waals surface area contributed by atoms with E-state index < -0.39 is 11.5 Å². The molecule has 0 saturated carbocycles. The van der Waals surface area contributed by atoms with E-state index in [0.29, 0.717) is 12.3 Å². The Bertz CT molecular complexity index is 258. The van der Waals surface area contributed by atoms with Crippen molar-refractivity contribution in [2.75, 3.05) is 19.8 Å². The Balaban J connectivity index is 3.76. The number of carbonyl (C=O) groups is 1. The highest BCUT2D eigenvalue weighted by molar-refractivity contribution is 5.78. The van der Waals surface area contributed by atoms with E-state index in [1.54, 1.807) is 6.92 Å². The number of ether oxygens (including phenoxy) is 1. The molecule has 4 heteroatoms. The summed E-state index contributed by atoms with van der Waals surface area (Å²) < 4.78 is 5.64. The minimum atomic E-state index is -0.800. The van der Waals surface area contributed by atoms with E-state index in [9.17, 15) is 9.90 Å². The second-order valence-corrected chi connectivity index (χ2v) is 5.99. The maximum absolute atomic E-state index is 11.3. The van der Waals surface area contributed by atoms with E-state index in [2.05, 4.69) is 19.2 Å². The Labute approximate surface area is 124 Å². The molecule has 0 amide bonds. The quantitative estimate of drug-likeness (QED) is 0.509. The zero-order valence-corrected chi connectivity index (χ0v) is 13.7. The molecule has 2 unspecified atom stereocenters. The van der Waals surface area contributed by atoms with Gasteiger partial charge in [-0.25, -0.2) is 0 Å². The Hall–Kier alpha value is -0.610. The van der Waals surface area contributed by atoms with Crippen molar-refractivity contribution in [3.63, 3.8) is 0 Å². The third kappa shape index (κ3) is 8.54. The van der Waals surface area contributed by atoms with Gasteiger partial charge in [0.05, 0.1) is 0 Å². The third-order valence-corrected chi connectivity index (χ3v) is 3.64. The highest BCUT2D eigenvalue weighted by Gasteiger charge is 2.31. The monoisotopic (exact) mass is 287 g/mol. The summed E-state index contributed by atoms with van der Waals surface area (Å²) in [5.74, 6) is -0.140. The third-order valence-electron chi connectivity index (χ3n) is 3.64. The van der Waals surface area contributed by atoms with Crippen molar-refractivity contribution in [1.82, 2.24) is 5.32 Å². The first-order valence-corrected chi connectivity index (χ1v) is 8.02. The van der Waals surface area contributed by atoms with Crippen LogP contribution >= 0.6 is 0 Å². The van der Waals surface area contributed by atoms with Crippen molar-refractivity contribution in [3.8, 4) is 0 Å². The predicted octanol–water partition coefficient (Wildman–Crippen LogP) is 3.45. The van der Waals surface area contributed by atoms with Crippen molar-refractivity contribution >= 4 is 5.97 Å². The smallest absolute Gasteiger partial charge is 0.323 e. The van der Waals surface area contributed by atoms with Crippen molar-refractivity contribution in [2.24, 2.45) is 5.92 Å². The van der Waals surface area contributed by atoms with Crippen molar-refractivity contribution in [1.29, 1.82) is 0 Å². The van der Waals surface area contributed by atoms with Crippen LogP contribution < -0.4 is 5.32 Å². The number of aliphatic carboxylic acids is 1. The second kappa shape index (κ2) is 11.1. The largest absolute Gasteiger partial charge is 0.480 e. The van der Waals surface area contributed by atoms with E-state index in [-0.39, 0.29) is 0 Å². The summed E-state index contributed by atoms with van der Waals surface area (Å²) in [7, 11) is 0. The molecule has 0 saturated heterocycles. The fraction of sp³-hybridized carbons (Fsp3) is 0.938. The lowest BCUT2D eigenvalue weighted by Gasteiger charge is -2.26. The number of rotatable bonds is 13. The highest BCUT2D eigenvalue weighted by Crippen LogP contribution is 2.15. The number of hydrogen-bond acceptors (Lipinski definition) is 3. The number of nitrogens with one attached hydrogen (secondary N) is 1. The lowest BCUT2D eigenvalue weighted by Crippen LogP contribution is -2.49. The second-order valence-electron chi connectivity index (χ2n) is 5.99. The molecule has 0 bridgehead atoms. The lowest BCUT2D eigenvalue weighted by molar-refractivity contribution is -0.144. The van der Waals surface area contributed by atoms with Crippen molar-refractivity contribution < 1.29 is 14.6 Å². The number of unbranched alkanes of at least 4 members (excludes halogenated alkanes) is 1. The van der Waals surface area contributed by atoms with Crippen LogP contribution in [0, 0.1) is 5.92 Å². The molecular weight excluding hydrogens is 254 g/mol. The first-order valence-electron chi connectivity index (χ1n) is 8.02. The molecule has 0 spiro atoms. The van der Waals surface area contributed by atoms with Gasteiger partial charge in [0, 0.05) is 13.2 Å². The van der Waals surface area contributed by atoms with Gasteiger partial charge in [-0.15, -0.1) is 0 Å². The SMILES string of the molecule is CCCNC(C)(CCCCOCC(C)CCC)C(=O)O. The maximum Gasteiger partial charge on any atom is 0.323 e. The van der Waals surface area contributed by atoms with Crippen LogP contribution in [0.2, 0.25) is 0 Å². The molecule has 0 fully saturated rings. The molecule has 0 aromatic carbocycles. The summed E-state index contributed by atoms with van der Waals surface area (Å²) in [6.07, 6.45) is 5.80. The van der Waals surface area contributed by atoms with Crippen LogP contribution in [0.15, 0.2) is 0 Å². The summed E-state index contributed by atoms with van der Waals surface area (Å²) in [6.45, 7) is 10.5. The Morgan fingerprint density at radius 2 is 2.00 bits per heavy atom. The summed E-state index contributed by atoms with van der Waals surface area (Å²) in [5.41, 5.74) is -0.800. The Morgan fingerprint density at radius 3 is 2.55 bits per heavy atom. The van der Waals surface area contributed by atoms with Crippen LogP contribution in [0.4, 0.5) is 0 Å². The molecule has 0 heterocycles.